The molecule has 0 unspecified atom stereocenters. The van der Waals surface area contributed by atoms with Gasteiger partial charge in [-0.1, -0.05) is 30.3 Å². The molecule has 0 aliphatic heterocycles. The third-order valence-corrected chi connectivity index (χ3v) is 2.33. The number of esters is 1. The van der Waals surface area contributed by atoms with Crippen LogP contribution in [0.25, 0.3) is 6.08 Å². The minimum Gasteiger partial charge on any atom is -0.400 e. The van der Waals surface area contributed by atoms with Gasteiger partial charge in [-0.05, 0) is 11.6 Å². The number of imidazole rings is 1. The van der Waals surface area contributed by atoms with Gasteiger partial charge in [-0.3, -0.25) is 4.79 Å². The van der Waals surface area contributed by atoms with Gasteiger partial charge in [-0.25, -0.2) is 9.78 Å². The number of rotatable bonds is 4. The number of carbonyl (C=O) groups is 2. The minimum absolute atomic E-state index is 0.203. The molecule has 1 aromatic heterocycles. The monoisotopic (exact) mass is 275 g/mol. The lowest BCUT2D eigenvalue weighted by Gasteiger charge is -2.00. The van der Waals surface area contributed by atoms with E-state index in [0.29, 0.717) is 5.56 Å². The molecule has 0 atom stereocenters. The zero-order valence-corrected chi connectivity index (χ0v) is 10.2. The summed E-state index contributed by atoms with van der Waals surface area (Å²) < 4.78 is 18.3. The Kier molecular flexibility index (Phi) is 3.90. The van der Waals surface area contributed by atoms with Gasteiger partial charge in [0, 0.05) is 0 Å². The van der Waals surface area contributed by atoms with E-state index in [0.717, 1.165) is 12.4 Å². The van der Waals surface area contributed by atoms with Crippen LogP contribution < -0.4 is 10.5 Å². The highest BCUT2D eigenvalue weighted by atomic mass is 19.1. The first-order valence-corrected chi connectivity index (χ1v) is 5.55. The fourth-order valence-electron chi connectivity index (χ4n) is 1.43. The van der Waals surface area contributed by atoms with E-state index in [1.54, 1.807) is 30.3 Å². The van der Waals surface area contributed by atoms with Crippen molar-refractivity contribution in [1.82, 2.24) is 9.97 Å². The maximum Gasteiger partial charge on any atom is 0.374 e. The zero-order chi connectivity index (χ0) is 14.5. The molecule has 6 nitrogen and oxygen atoms in total. The number of H-pyrrole nitrogens is 1. The van der Waals surface area contributed by atoms with Crippen molar-refractivity contribution in [1.29, 1.82) is 0 Å². The lowest BCUT2D eigenvalue weighted by molar-refractivity contribution is -0.131. The molecule has 0 saturated carbocycles. The number of carbonyl (C=O) groups excluding carboxylic acids is 2. The van der Waals surface area contributed by atoms with Crippen molar-refractivity contribution in [3.63, 3.8) is 0 Å². The van der Waals surface area contributed by atoms with Gasteiger partial charge in [0.25, 0.3) is 11.8 Å². The second-order valence-electron chi connectivity index (χ2n) is 3.74. The Labute approximate surface area is 113 Å². The smallest absolute Gasteiger partial charge is 0.374 e. The summed E-state index contributed by atoms with van der Waals surface area (Å²) in [5.74, 6) is -3.60. The number of hydrogen-bond acceptors (Lipinski definition) is 4. The van der Waals surface area contributed by atoms with E-state index >= 15 is 0 Å². The average molecular weight is 275 g/mol. The number of nitrogens with zero attached hydrogens (tertiary/aromatic N) is 1. The van der Waals surface area contributed by atoms with Gasteiger partial charge in [0.2, 0.25) is 5.83 Å². The van der Waals surface area contributed by atoms with Crippen LogP contribution in [0.5, 0.6) is 5.88 Å². The van der Waals surface area contributed by atoms with E-state index in [1.807, 2.05) is 0 Å². The van der Waals surface area contributed by atoms with Gasteiger partial charge in [0.05, 0.1) is 6.33 Å². The molecule has 0 spiro atoms. The number of aromatic amines is 1. The largest absolute Gasteiger partial charge is 0.400 e. The number of primary amides is 1. The van der Waals surface area contributed by atoms with Crippen molar-refractivity contribution < 1.29 is 18.7 Å². The molecule has 0 aliphatic rings. The predicted molar refractivity (Wildman–Crippen MR) is 68.3 cm³/mol. The Morgan fingerprint density at radius 1 is 1.30 bits per heavy atom. The van der Waals surface area contributed by atoms with E-state index in [1.165, 1.54) is 0 Å². The number of hydrogen-bond donors (Lipinski definition) is 2. The van der Waals surface area contributed by atoms with Crippen LogP contribution >= 0.6 is 0 Å². The molecule has 0 radical (unpaired) electrons. The molecular weight excluding hydrogens is 265 g/mol. The summed E-state index contributed by atoms with van der Waals surface area (Å²) in [5.41, 5.74) is 5.32. The Balaban J connectivity index is 2.14. The van der Waals surface area contributed by atoms with Crippen LogP contribution in [0, 0.1) is 0 Å². The van der Waals surface area contributed by atoms with Crippen molar-refractivity contribution in [3.05, 3.63) is 53.7 Å². The van der Waals surface area contributed by atoms with Crippen LogP contribution in [0.4, 0.5) is 4.39 Å². The fraction of sp³-hybridized carbons (Fsp3) is 0. The first-order valence-electron chi connectivity index (χ1n) is 5.55. The highest BCUT2D eigenvalue weighted by Gasteiger charge is 2.18. The van der Waals surface area contributed by atoms with E-state index in [-0.39, 0.29) is 11.6 Å². The van der Waals surface area contributed by atoms with Gasteiger partial charge in [0.1, 0.15) is 0 Å². The van der Waals surface area contributed by atoms with Crippen molar-refractivity contribution in [2.45, 2.75) is 0 Å². The highest BCUT2D eigenvalue weighted by Crippen LogP contribution is 2.15. The Bertz CT molecular complexity index is 665. The zero-order valence-electron chi connectivity index (χ0n) is 10.2. The molecule has 2 rings (SSSR count). The molecule has 1 heterocycles. The van der Waals surface area contributed by atoms with Crippen LogP contribution in [0.3, 0.4) is 0 Å². The number of halogens is 1. The number of benzene rings is 1. The predicted octanol–water partition coefficient (Wildman–Crippen LogP) is 1.42. The lowest BCUT2D eigenvalue weighted by Crippen LogP contribution is -2.16. The summed E-state index contributed by atoms with van der Waals surface area (Å²) >= 11 is 0. The molecule has 2 aromatic rings. The standard InChI is InChI=1S/C13H10FN3O3/c14-9(6-8-4-2-1-3-5-8)13(19)20-12-10(11(15)18)16-7-17-12/h1-7H,(H2,15,18)(H,16,17). The molecule has 1 aromatic carbocycles. The second-order valence-corrected chi connectivity index (χ2v) is 3.74. The number of nitrogens with two attached hydrogens (primary N) is 1. The summed E-state index contributed by atoms with van der Waals surface area (Å²) in [7, 11) is 0. The minimum atomic E-state index is -1.26. The molecule has 0 fully saturated rings. The van der Waals surface area contributed by atoms with Gasteiger partial charge in [-0.15, -0.1) is 0 Å². The third-order valence-electron chi connectivity index (χ3n) is 2.33. The summed E-state index contributed by atoms with van der Waals surface area (Å²) in [6.45, 7) is 0. The lowest BCUT2D eigenvalue weighted by atomic mass is 10.2. The van der Waals surface area contributed by atoms with Crippen LogP contribution in [-0.4, -0.2) is 21.8 Å². The van der Waals surface area contributed by atoms with Gasteiger partial charge in [0.15, 0.2) is 5.69 Å². The third kappa shape index (κ3) is 3.08. The number of ether oxygens (including phenoxy) is 1. The highest BCUT2D eigenvalue weighted by molar-refractivity contribution is 5.96. The van der Waals surface area contributed by atoms with Crippen molar-refractivity contribution in [2.24, 2.45) is 5.73 Å². The normalized spacial score (nSPS) is 11.2. The van der Waals surface area contributed by atoms with E-state index in [2.05, 4.69) is 14.7 Å². The molecule has 7 heteroatoms. The molecular formula is C13H10FN3O3. The number of nitrogens with one attached hydrogen (secondary N) is 1. The molecule has 0 aliphatic carbocycles. The van der Waals surface area contributed by atoms with Gasteiger partial charge in [-0.2, -0.15) is 4.39 Å². The van der Waals surface area contributed by atoms with Crippen LogP contribution in [-0.2, 0) is 4.79 Å². The summed E-state index contributed by atoms with van der Waals surface area (Å²) in [4.78, 5) is 28.5. The first kappa shape index (κ1) is 13.5. The summed E-state index contributed by atoms with van der Waals surface area (Å²) in [6.07, 6.45) is 2.13. The Morgan fingerprint density at radius 3 is 2.65 bits per heavy atom. The number of amides is 1. The molecule has 0 saturated heterocycles. The van der Waals surface area contributed by atoms with Gasteiger partial charge >= 0.3 is 5.97 Å². The van der Waals surface area contributed by atoms with Crippen molar-refractivity contribution >= 4 is 18.0 Å². The van der Waals surface area contributed by atoms with Crippen LogP contribution in [0.15, 0.2) is 42.5 Å². The van der Waals surface area contributed by atoms with Gasteiger partial charge < -0.3 is 15.5 Å². The van der Waals surface area contributed by atoms with Crippen LogP contribution in [0.2, 0.25) is 0 Å². The molecule has 102 valence electrons. The molecule has 3 N–H and O–H groups in total. The maximum atomic E-state index is 13.6. The van der Waals surface area contributed by atoms with Crippen molar-refractivity contribution in [3.8, 4) is 5.88 Å². The molecule has 1 amide bonds. The quantitative estimate of drug-likeness (QED) is 0.651. The maximum absolute atomic E-state index is 13.6. The fourth-order valence-corrected chi connectivity index (χ4v) is 1.43. The second kappa shape index (κ2) is 5.79. The van der Waals surface area contributed by atoms with E-state index in [4.69, 9.17) is 5.73 Å². The molecule has 0 bridgehead atoms. The summed E-state index contributed by atoms with van der Waals surface area (Å²) in [6, 6.07) is 8.40. The molecule has 20 heavy (non-hydrogen) atoms. The Hall–Kier alpha value is -2.96. The summed E-state index contributed by atoms with van der Waals surface area (Å²) in [5, 5.41) is 0. The van der Waals surface area contributed by atoms with Crippen LogP contribution in [0.1, 0.15) is 16.1 Å². The average Bonchev–Trinajstić information content (AvgIpc) is 2.88. The topological polar surface area (TPSA) is 98.1 Å². The first-order chi connectivity index (χ1) is 9.58. The Morgan fingerprint density at radius 2 is 2.00 bits per heavy atom. The van der Waals surface area contributed by atoms with Crippen molar-refractivity contribution in [2.75, 3.05) is 0 Å². The van der Waals surface area contributed by atoms with E-state index < -0.39 is 17.7 Å². The SMILES string of the molecule is NC(=O)c1[nH]cnc1OC(=O)C(F)=Cc1ccccc1. The number of aromatic nitrogens is 2. The van der Waals surface area contributed by atoms with E-state index in [9.17, 15) is 14.0 Å².